The van der Waals surface area contributed by atoms with Crippen LogP contribution in [0.3, 0.4) is 0 Å². The molecular formula is C23H25F3N6O2. The van der Waals surface area contributed by atoms with Crippen LogP contribution in [-0.4, -0.2) is 58.5 Å². The van der Waals surface area contributed by atoms with Gasteiger partial charge in [-0.1, -0.05) is 0 Å². The summed E-state index contributed by atoms with van der Waals surface area (Å²) in [5, 5.41) is 2.72. The number of rotatable bonds is 5. The number of nitrogens with zero attached hydrogens (tertiary/aromatic N) is 4. The summed E-state index contributed by atoms with van der Waals surface area (Å²) < 4.78 is 39.6. The van der Waals surface area contributed by atoms with Crippen LogP contribution in [0.15, 0.2) is 35.4 Å². The molecule has 1 fully saturated rings. The Hall–Kier alpha value is -3.47. The lowest BCUT2D eigenvalue weighted by atomic mass is 10.1. The zero-order chi connectivity index (χ0) is 24.5. The number of aromatic nitrogens is 3. The minimum absolute atomic E-state index is 0.143. The van der Waals surface area contributed by atoms with Gasteiger partial charge in [-0.2, -0.15) is 13.2 Å². The summed E-state index contributed by atoms with van der Waals surface area (Å²) in [5.41, 5.74) is 0.0370. The number of piperazine rings is 1. The molecule has 2 N–H and O–H groups in total. The third-order valence-corrected chi connectivity index (χ3v) is 5.89. The van der Waals surface area contributed by atoms with Crippen LogP contribution in [0.4, 0.5) is 18.9 Å². The van der Waals surface area contributed by atoms with Gasteiger partial charge in [-0.15, -0.1) is 0 Å². The highest BCUT2D eigenvalue weighted by Crippen LogP contribution is 2.31. The van der Waals surface area contributed by atoms with Gasteiger partial charge < -0.3 is 15.2 Å². The number of aromatic amines is 1. The van der Waals surface area contributed by atoms with Gasteiger partial charge in [0.1, 0.15) is 11.3 Å². The van der Waals surface area contributed by atoms with Crippen molar-refractivity contribution in [3.8, 4) is 0 Å². The second-order valence-electron chi connectivity index (χ2n) is 8.22. The average molecular weight is 474 g/mol. The van der Waals surface area contributed by atoms with E-state index in [1.54, 1.807) is 24.5 Å². The smallest absolute Gasteiger partial charge is 0.368 e. The highest BCUT2D eigenvalue weighted by atomic mass is 19.4. The molecule has 0 bridgehead atoms. The molecule has 1 aliphatic rings. The molecule has 1 aliphatic heterocycles. The van der Waals surface area contributed by atoms with Gasteiger partial charge in [0.05, 0.1) is 22.9 Å². The van der Waals surface area contributed by atoms with Crippen molar-refractivity contribution in [2.75, 3.05) is 37.6 Å². The molecule has 4 heterocycles. The van der Waals surface area contributed by atoms with Crippen molar-refractivity contribution < 1.29 is 18.0 Å². The van der Waals surface area contributed by atoms with Crippen LogP contribution in [-0.2, 0) is 12.7 Å². The first-order valence-electron chi connectivity index (χ1n) is 11.0. The van der Waals surface area contributed by atoms with E-state index in [2.05, 4.69) is 30.1 Å². The Bertz CT molecular complexity index is 1250. The summed E-state index contributed by atoms with van der Waals surface area (Å²) in [6, 6.07) is 5.28. The third-order valence-electron chi connectivity index (χ3n) is 5.89. The summed E-state index contributed by atoms with van der Waals surface area (Å²) in [6.07, 6.45) is -1.48. The highest BCUT2D eigenvalue weighted by Gasteiger charge is 2.36. The van der Waals surface area contributed by atoms with Crippen LogP contribution in [0.1, 0.15) is 34.1 Å². The number of amides is 1. The van der Waals surface area contributed by atoms with Gasteiger partial charge >= 0.3 is 6.18 Å². The molecule has 0 unspecified atom stereocenters. The molecule has 0 radical (unpaired) electrons. The number of hydrogen-bond donors (Lipinski definition) is 2. The summed E-state index contributed by atoms with van der Waals surface area (Å²) in [7, 11) is 0. The van der Waals surface area contributed by atoms with Crippen LogP contribution in [0.2, 0.25) is 0 Å². The number of halogens is 3. The van der Waals surface area contributed by atoms with E-state index in [-0.39, 0.29) is 17.0 Å². The minimum Gasteiger partial charge on any atom is -0.368 e. The average Bonchev–Trinajstić information content (AvgIpc) is 2.79. The molecule has 8 nitrogen and oxygen atoms in total. The predicted octanol–water partition coefficient (Wildman–Crippen LogP) is 2.72. The topological polar surface area (TPSA) is 94.2 Å². The summed E-state index contributed by atoms with van der Waals surface area (Å²) in [4.78, 5) is 39.1. The first-order chi connectivity index (χ1) is 16.2. The van der Waals surface area contributed by atoms with Gasteiger partial charge in [0, 0.05) is 45.5 Å². The van der Waals surface area contributed by atoms with Crippen LogP contribution in [0.5, 0.6) is 0 Å². The molecule has 0 aromatic carbocycles. The van der Waals surface area contributed by atoms with E-state index < -0.39 is 17.3 Å². The predicted molar refractivity (Wildman–Crippen MR) is 122 cm³/mol. The fraction of sp³-hybridized carbons (Fsp3) is 0.391. The third kappa shape index (κ3) is 4.89. The van der Waals surface area contributed by atoms with Crippen molar-refractivity contribution in [2.24, 2.45) is 0 Å². The fourth-order valence-corrected chi connectivity index (χ4v) is 4.18. The number of pyridine rings is 3. The molecule has 0 spiro atoms. The Morgan fingerprint density at radius 1 is 1.15 bits per heavy atom. The van der Waals surface area contributed by atoms with E-state index in [0.29, 0.717) is 24.3 Å². The van der Waals surface area contributed by atoms with Gasteiger partial charge in [0.25, 0.3) is 11.5 Å². The molecule has 0 aliphatic carbocycles. The van der Waals surface area contributed by atoms with Crippen molar-refractivity contribution in [3.05, 3.63) is 63.3 Å². The SMILES string of the molecule is CCNC(=O)c1ccc(N2CCN(Cc3cnc4c(C)c(C(F)(F)F)c(=O)[nH]c4c3)CC2)cn1. The number of carbonyl (C=O) groups is 1. The largest absolute Gasteiger partial charge is 0.422 e. The summed E-state index contributed by atoms with van der Waals surface area (Å²) in [6.45, 7) is 7.27. The van der Waals surface area contributed by atoms with Gasteiger partial charge in [-0.25, -0.2) is 4.98 Å². The van der Waals surface area contributed by atoms with E-state index in [4.69, 9.17) is 0 Å². The molecule has 4 rings (SSSR count). The molecule has 34 heavy (non-hydrogen) atoms. The Kier molecular flexibility index (Phi) is 6.56. The number of aryl methyl sites for hydroxylation is 1. The number of hydrogen-bond acceptors (Lipinski definition) is 6. The second-order valence-corrected chi connectivity index (χ2v) is 8.22. The molecule has 3 aromatic rings. The van der Waals surface area contributed by atoms with Crippen LogP contribution in [0.25, 0.3) is 11.0 Å². The van der Waals surface area contributed by atoms with Crippen molar-refractivity contribution in [2.45, 2.75) is 26.6 Å². The van der Waals surface area contributed by atoms with E-state index >= 15 is 0 Å². The van der Waals surface area contributed by atoms with Crippen molar-refractivity contribution in [1.82, 2.24) is 25.2 Å². The number of H-pyrrole nitrogens is 1. The lowest BCUT2D eigenvalue weighted by molar-refractivity contribution is -0.139. The van der Waals surface area contributed by atoms with Crippen LogP contribution in [0, 0.1) is 6.92 Å². The summed E-state index contributed by atoms with van der Waals surface area (Å²) in [5.74, 6) is -0.200. The first kappa shape index (κ1) is 23.7. The maximum absolute atomic E-state index is 13.2. The molecule has 0 saturated carbocycles. The fourth-order valence-electron chi connectivity index (χ4n) is 4.18. The van der Waals surface area contributed by atoms with Gasteiger partial charge in [0.2, 0.25) is 0 Å². The lowest BCUT2D eigenvalue weighted by Crippen LogP contribution is -2.46. The second kappa shape index (κ2) is 9.41. The zero-order valence-corrected chi connectivity index (χ0v) is 18.9. The van der Waals surface area contributed by atoms with Gasteiger partial charge in [-0.3, -0.25) is 19.5 Å². The van der Waals surface area contributed by atoms with Crippen LogP contribution < -0.4 is 15.8 Å². The number of nitrogens with one attached hydrogen (secondary N) is 2. The van der Waals surface area contributed by atoms with Crippen molar-refractivity contribution in [3.63, 3.8) is 0 Å². The zero-order valence-electron chi connectivity index (χ0n) is 18.9. The Morgan fingerprint density at radius 2 is 1.88 bits per heavy atom. The Morgan fingerprint density at radius 3 is 2.50 bits per heavy atom. The minimum atomic E-state index is -4.73. The van der Waals surface area contributed by atoms with E-state index in [0.717, 1.165) is 37.4 Å². The molecule has 1 saturated heterocycles. The Labute approximate surface area is 193 Å². The molecule has 180 valence electrons. The van der Waals surface area contributed by atoms with Gasteiger partial charge in [-0.05, 0) is 43.2 Å². The quantitative estimate of drug-likeness (QED) is 0.591. The monoisotopic (exact) mass is 474 g/mol. The molecule has 3 aromatic heterocycles. The number of fused-ring (bicyclic) bond motifs is 1. The normalized spacial score (nSPS) is 15.0. The molecule has 11 heteroatoms. The van der Waals surface area contributed by atoms with E-state index in [1.165, 1.54) is 6.92 Å². The summed E-state index contributed by atoms with van der Waals surface area (Å²) >= 11 is 0. The van der Waals surface area contributed by atoms with E-state index in [1.807, 2.05) is 13.0 Å². The maximum atomic E-state index is 13.2. The first-order valence-corrected chi connectivity index (χ1v) is 11.0. The van der Waals surface area contributed by atoms with Crippen molar-refractivity contribution in [1.29, 1.82) is 0 Å². The molecule has 1 amide bonds. The lowest BCUT2D eigenvalue weighted by Gasteiger charge is -2.36. The van der Waals surface area contributed by atoms with Crippen molar-refractivity contribution >= 4 is 22.6 Å². The standard InChI is InChI=1S/C23H25F3N6O2/c1-3-27-21(33)17-5-4-16(12-28-17)32-8-6-31(7-9-32)13-15-10-18-20(29-11-15)14(2)19(22(34)30-18)23(24,25)26/h4-5,10-12H,3,6-9,13H2,1-2H3,(H,27,33)(H,30,34). The Balaban J connectivity index is 1.41. The van der Waals surface area contributed by atoms with Crippen LogP contribution >= 0.6 is 0 Å². The van der Waals surface area contributed by atoms with Gasteiger partial charge in [0.15, 0.2) is 0 Å². The molecular weight excluding hydrogens is 449 g/mol. The maximum Gasteiger partial charge on any atom is 0.422 e. The number of carbonyl (C=O) groups excluding carboxylic acids is 1. The van der Waals surface area contributed by atoms with E-state index in [9.17, 15) is 22.8 Å². The molecule has 0 atom stereocenters. The number of anilines is 1. The number of alkyl halides is 3. The highest BCUT2D eigenvalue weighted by molar-refractivity contribution is 5.92.